The van der Waals surface area contributed by atoms with Crippen molar-refractivity contribution in [1.82, 2.24) is 10.2 Å². The Kier molecular flexibility index (Phi) is 11.1. The molecule has 2 amide bonds. The van der Waals surface area contributed by atoms with Gasteiger partial charge in [-0.2, -0.15) is 0 Å². The van der Waals surface area contributed by atoms with Gasteiger partial charge in [-0.3, -0.25) is 13.9 Å². The minimum atomic E-state index is -4.20. The lowest BCUT2D eigenvalue weighted by Crippen LogP contribution is -2.54. The van der Waals surface area contributed by atoms with E-state index in [1.165, 1.54) is 24.1 Å². The molecule has 1 fully saturated rings. The first-order chi connectivity index (χ1) is 20.6. The number of halogens is 1. The van der Waals surface area contributed by atoms with E-state index in [-0.39, 0.29) is 29.1 Å². The number of methoxy groups -OCH3 is 1. The van der Waals surface area contributed by atoms with E-state index in [2.05, 4.69) is 5.32 Å². The minimum Gasteiger partial charge on any atom is -0.495 e. The van der Waals surface area contributed by atoms with Gasteiger partial charge < -0.3 is 15.0 Å². The van der Waals surface area contributed by atoms with Gasteiger partial charge in [0.2, 0.25) is 11.8 Å². The van der Waals surface area contributed by atoms with Gasteiger partial charge in [-0.1, -0.05) is 79.7 Å². The number of nitrogens with one attached hydrogen (secondary N) is 1. The number of para-hydroxylation sites is 2. The second-order valence-corrected chi connectivity index (χ2v) is 13.2. The smallest absolute Gasteiger partial charge is 0.264 e. The summed E-state index contributed by atoms with van der Waals surface area (Å²) in [7, 11) is -2.75. The molecule has 43 heavy (non-hydrogen) atoms. The van der Waals surface area contributed by atoms with Gasteiger partial charge in [-0.05, 0) is 68.1 Å². The van der Waals surface area contributed by atoms with Crippen molar-refractivity contribution in [3.8, 4) is 5.75 Å². The molecular formula is C33H40ClN3O5S. The van der Waals surface area contributed by atoms with Crippen molar-refractivity contribution in [1.29, 1.82) is 0 Å². The molecule has 1 atom stereocenters. The third-order valence-corrected chi connectivity index (χ3v) is 9.87. The average molecular weight is 626 g/mol. The maximum absolute atomic E-state index is 14.3. The van der Waals surface area contributed by atoms with Crippen molar-refractivity contribution in [3.63, 3.8) is 0 Å². The molecule has 0 saturated heterocycles. The van der Waals surface area contributed by atoms with Crippen LogP contribution in [-0.4, -0.2) is 50.9 Å². The van der Waals surface area contributed by atoms with Gasteiger partial charge in [0, 0.05) is 17.6 Å². The fourth-order valence-electron chi connectivity index (χ4n) is 5.44. The van der Waals surface area contributed by atoms with Crippen LogP contribution in [0.25, 0.3) is 0 Å². The van der Waals surface area contributed by atoms with Crippen LogP contribution in [0, 0.1) is 6.92 Å². The van der Waals surface area contributed by atoms with E-state index < -0.39 is 28.5 Å². The summed E-state index contributed by atoms with van der Waals surface area (Å²) in [5.41, 5.74) is 1.90. The first kappa shape index (κ1) is 32.4. The van der Waals surface area contributed by atoms with Crippen molar-refractivity contribution < 1.29 is 22.7 Å². The molecule has 1 N–H and O–H groups in total. The third kappa shape index (κ3) is 8.09. The number of nitrogens with zero attached hydrogens (tertiary/aromatic N) is 2. The molecule has 3 aromatic carbocycles. The Morgan fingerprint density at radius 2 is 1.63 bits per heavy atom. The number of rotatable bonds is 12. The Morgan fingerprint density at radius 1 is 0.977 bits per heavy atom. The predicted octanol–water partition coefficient (Wildman–Crippen LogP) is 6.11. The fraction of sp³-hybridized carbons (Fsp3) is 0.394. The van der Waals surface area contributed by atoms with Crippen LogP contribution in [0.1, 0.15) is 56.6 Å². The van der Waals surface area contributed by atoms with E-state index in [4.69, 9.17) is 16.3 Å². The third-order valence-electron chi connectivity index (χ3n) is 7.85. The lowest BCUT2D eigenvalue weighted by Gasteiger charge is -2.34. The van der Waals surface area contributed by atoms with Crippen molar-refractivity contribution in [2.75, 3.05) is 18.0 Å². The number of hydrogen-bond acceptors (Lipinski definition) is 5. The van der Waals surface area contributed by atoms with E-state index in [9.17, 15) is 18.0 Å². The van der Waals surface area contributed by atoms with Crippen molar-refractivity contribution in [3.05, 3.63) is 88.9 Å². The molecule has 1 saturated carbocycles. The number of sulfonamides is 1. The molecule has 10 heteroatoms. The predicted molar refractivity (Wildman–Crippen MR) is 170 cm³/mol. The summed E-state index contributed by atoms with van der Waals surface area (Å²) < 4.78 is 34.8. The zero-order valence-corrected chi connectivity index (χ0v) is 26.5. The highest BCUT2D eigenvalue weighted by Gasteiger charge is 2.35. The highest BCUT2D eigenvalue weighted by atomic mass is 35.5. The number of amides is 2. The number of hydrogen-bond donors (Lipinski definition) is 1. The Balaban J connectivity index is 1.73. The number of aryl methyl sites for hydroxylation is 1. The average Bonchev–Trinajstić information content (AvgIpc) is 3.01. The second-order valence-electron chi connectivity index (χ2n) is 10.9. The summed E-state index contributed by atoms with van der Waals surface area (Å²) in [5, 5.41) is 3.71. The number of ether oxygens (including phenoxy) is 1. The maximum Gasteiger partial charge on any atom is 0.264 e. The lowest BCUT2D eigenvalue weighted by molar-refractivity contribution is -0.140. The summed E-state index contributed by atoms with van der Waals surface area (Å²) in [6, 6.07) is 19.5. The molecule has 0 heterocycles. The summed E-state index contributed by atoms with van der Waals surface area (Å²) in [4.78, 5) is 29.5. The highest BCUT2D eigenvalue weighted by molar-refractivity contribution is 7.92. The lowest BCUT2D eigenvalue weighted by atomic mass is 9.95. The fourth-order valence-corrected chi connectivity index (χ4v) is 6.99. The Bertz CT molecular complexity index is 1490. The monoisotopic (exact) mass is 625 g/mol. The zero-order chi connectivity index (χ0) is 31.0. The molecule has 0 aromatic heterocycles. The molecule has 230 valence electrons. The van der Waals surface area contributed by atoms with Crippen LogP contribution in [-0.2, 0) is 26.2 Å². The molecule has 0 unspecified atom stereocenters. The number of carbonyl (C=O) groups is 2. The van der Waals surface area contributed by atoms with Crippen LogP contribution < -0.4 is 14.4 Å². The molecule has 0 aliphatic heterocycles. The zero-order valence-electron chi connectivity index (χ0n) is 25.0. The normalized spacial score (nSPS) is 14.5. The largest absolute Gasteiger partial charge is 0.495 e. The Hall–Kier alpha value is -3.56. The molecule has 0 radical (unpaired) electrons. The molecule has 1 aliphatic rings. The van der Waals surface area contributed by atoms with Crippen LogP contribution >= 0.6 is 11.6 Å². The minimum absolute atomic E-state index is 0.0446. The molecule has 3 aromatic rings. The van der Waals surface area contributed by atoms with Crippen LogP contribution in [0.5, 0.6) is 5.75 Å². The van der Waals surface area contributed by atoms with E-state index >= 15 is 0 Å². The number of benzene rings is 3. The number of carbonyl (C=O) groups excluding carboxylic acids is 2. The van der Waals surface area contributed by atoms with Crippen LogP contribution in [0.4, 0.5) is 5.69 Å². The standard InChI is InChI=1S/C33H40ClN3O5S/c1-4-29(33(39)35-27-10-6-5-7-11-27)36(22-25-16-18-26(34)19-17-25)32(38)23-37(30-12-8-9-13-31(30)42-3)43(40,41)28-20-14-24(2)15-21-28/h8-9,12-21,27,29H,4-7,10-11,22-23H2,1-3H3,(H,35,39)/t29-/m1/s1. The van der Waals surface area contributed by atoms with Crippen LogP contribution in [0.15, 0.2) is 77.7 Å². The van der Waals surface area contributed by atoms with E-state index in [1.807, 2.05) is 13.8 Å². The Labute approximate surface area is 260 Å². The van der Waals surface area contributed by atoms with Crippen molar-refractivity contribution in [2.24, 2.45) is 0 Å². The Morgan fingerprint density at radius 3 is 2.26 bits per heavy atom. The molecule has 4 rings (SSSR count). The SMILES string of the molecule is CC[C@H](C(=O)NC1CCCCC1)N(Cc1ccc(Cl)cc1)C(=O)CN(c1ccccc1OC)S(=O)(=O)c1ccc(C)cc1. The molecular weight excluding hydrogens is 586 g/mol. The highest BCUT2D eigenvalue weighted by Crippen LogP contribution is 2.33. The first-order valence-corrected chi connectivity index (χ1v) is 16.5. The van der Waals surface area contributed by atoms with Gasteiger partial charge in [-0.25, -0.2) is 8.42 Å². The number of anilines is 1. The van der Waals surface area contributed by atoms with Gasteiger partial charge in [0.1, 0.15) is 18.3 Å². The van der Waals surface area contributed by atoms with Crippen LogP contribution in [0.3, 0.4) is 0 Å². The summed E-state index contributed by atoms with van der Waals surface area (Å²) >= 11 is 6.11. The van der Waals surface area contributed by atoms with Crippen molar-refractivity contribution >= 4 is 39.1 Å². The topological polar surface area (TPSA) is 96.0 Å². The van der Waals surface area contributed by atoms with Crippen molar-refractivity contribution in [2.45, 2.75) is 75.9 Å². The molecule has 8 nitrogen and oxygen atoms in total. The molecule has 0 bridgehead atoms. The summed E-state index contributed by atoms with van der Waals surface area (Å²) in [5.74, 6) is -0.443. The van der Waals surface area contributed by atoms with Crippen LogP contribution in [0.2, 0.25) is 5.02 Å². The van der Waals surface area contributed by atoms with Gasteiger partial charge in [0.15, 0.2) is 0 Å². The summed E-state index contributed by atoms with van der Waals surface area (Å²) in [6.45, 7) is 3.30. The molecule has 1 aliphatic carbocycles. The quantitative estimate of drug-likeness (QED) is 0.262. The van der Waals surface area contributed by atoms with Gasteiger partial charge in [-0.15, -0.1) is 0 Å². The maximum atomic E-state index is 14.3. The van der Waals surface area contributed by atoms with E-state index in [0.717, 1.165) is 47.5 Å². The van der Waals surface area contributed by atoms with E-state index in [1.54, 1.807) is 60.7 Å². The van der Waals surface area contributed by atoms with Gasteiger partial charge in [0.25, 0.3) is 10.0 Å². The van der Waals surface area contributed by atoms with Gasteiger partial charge >= 0.3 is 0 Å². The molecule has 0 spiro atoms. The first-order valence-electron chi connectivity index (χ1n) is 14.7. The summed E-state index contributed by atoms with van der Waals surface area (Å²) in [6.07, 6.45) is 5.43. The second kappa shape index (κ2) is 14.8. The van der Waals surface area contributed by atoms with Gasteiger partial charge in [0.05, 0.1) is 17.7 Å². The van der Waals surface area contributed by atoms with E-state index in [0.29, 0.717) is 17.2 Å².